The number of hydrogen-bond acceptors (Lipinski definition) is 0. The van der Waals surface area contributed by atoms with E-state index in [1.165, 1.54) is 18.4 Å². The van der Waals surface area contributed by atoms with Gasteiger partial charge >= 0.3 is 0 Å². The molecule has 0 fully saturated rings. The Bertz CT molecular complexity index is 200. The first-order valence-corrected chi connectivity index (χ1v) is 4.93. The third kappa shape index (κ3) is 1.80. The van der Waals surface area contributed by atoms with Crippen LogP contribution in [0.2, 0.25) is 0 Å². The van der Waals surface area contributed by atoms with E-state index in [1.54, 1.807) is 0 Å². The monoisotopic (exact) mass is 164 g/mol. The maximum Gasteiger partial charge on any atom is -0.00838 e. The molecule has 0 heterocycles. The fourth-order valence-corrected chi connectivity index (χ4v) is 1.97. The van der Waals surface area contributed by atoms with E-state index in [9.17, 15) is 0 Å². The Morgan fingerprint density at radius 1 is 1.67 bits per heavy atom. The van der Waals surface area contributed by atoms with Crippen molar-refractivity contribution in [2.75, 3.05) is 0 Å². The van der Waals surface area contributed by atoms with Gasteiger partial charge in [0.25, 0.3) is 0 Å². The smallest absolute Gasteiger partial charge is 0.00838 e. The van der Waals surface area contributed by atoms with E-state index >= 15 is 0 Å². The van der Waals surface area contributed by atoms with Gasteiger partial charge in [0.05, 0.1) is 0 Å². The number of rotatable bonds is 2. The molecule has 0 nitrogen and oxygen atoms in total. The third-order valence-electron chi connectivity index (χ3n) is 3.27. The van der Waals surface area contributed by atoms with E-state index in [2.05, 4.69) is 39.5 Å². The van der Waals surface area contributed by atoms with Crippen molar-refractivity contribution in [3.63, 3.8) is 0 Å². The quantitative estimate of drug-likeness (QED) is 0.542. The van der Waals surface area contributed by atoms with E-state index in [-0.39, 0.29) is 0 Å². The second-order valence-corrected chi connectivity index (χ2v) is 4.35. The molecule has 0 aromatic rings. The summed E-state index contributed by atoms with van der Waals surface area (Å²) in [7, 11) is 0. The van der Waals surface area contributed by atoms with Gasteiger partial charge in [-0.1, -0.05) is 51.5 Å². The lowest BCUT2D eigenvalue weighted by molar-refractivity contribution is 0.259. The van der Waals surface area contributed by atoms with Gasteiger partial charge in [0.15, 0.2) is 0 Å². The first-order chi connectivity index (χ1) is 5.58. The fraction of sp³-hybridized carbons (Fsp3) is 0.667. The molecule has 0 spiro atoms. The van der Waals surface area contributed by atoms with Gasteiger partial charge in [-0.2, -0.15) is 0 Å². The summed E-state index contributed by atoms with van der Waals surface area (Å²) in [5.74, 6) is 0.769. The Morgan fingerprint density at radius 3 is 2.83 bits per heavy atom. The van der Waals surface area contributed by atoms with Crippen molar-refractivity contribution in [3.05, 3.63) is 24.3 Å². The van der Waals surface area contributed by atoms with Crippen LogP contribution in [0.15, 0.2) is 24.3 Å². The average Bonchev–Trinajstić information content (AvgIpc) is 2.02. The van der Waals surface area contributed by atoms with Crippen LogP contribution >= 0.6 is 0 Å². The Balaban J connectivity index is 2.76. The lowest BCUT2D eigenvalue weighted by Crippen LogP contribution is -2.25. The van der Waals surface area contributed by atoms with Crippen LogP contribution in [0.1, 0.15) is 40.0 Å². The van der Waals surface area contributed by atoms with Crippen molar-refractivity contribution in [3.8, 4) is 0 Å². The van der Waals surface area contributed by atoms with Crippen molar-refractivity contribution >= 4 is 0 Å². The summed E-state index contributed by atoms with van der Waals surface area (Å²) in [6.45, 7) is 11.0. The molecule has 2 unspecified atom stereocenters. The fourth-order valence-electron chi connectivity index (χ4n) is 1.97. The van der Waals surface area contributed by atoms with Crippen molar-refractivity contribution in [2.45, 2.75) is 40.0 Å². The van der Waals surface area contributed by atoms with Gasteiger partial charge in [0, 0.05) is 0 Å². The first kappa shape index (κ1) is 9.57. The summed E-state index contributed by atoms with van der Waals surface area (Å²) >= 11 is 0. The van der Waals surface area contributed by atoms with Gasteiger partial charge in [0.2, 0.25) is 0 Å². The molecule has 0 saturated heterocycles. The topological polar surface area (TPSA) is 0 Å². The highest BCUT2D eigenvalue weighted by Crippen LogP contribution is 2.40. The zero-order valence-corrected chi connectivity index (χ0v) is 8.56. The van der Waals surface area contributed by atoms with Gasteiger partial charge in [-0.05, 0) is 24.2 Å². The summed E-state index contributed by atoms with van der Waals surface area (Å²) in [4.78, 5) is 0. The summed E-state index contributed by atoms with van der Waals surface area (Å²) in [5, 5.41) is 0. The molecule has 1 aliphatic carbocycles. The molecule has 0 N–H and O–H groups in total. The van der Waals surface area contributed by atoms with E-state index in [0.717, 1.165) is 12.3 Å². The Labute approximate surface area is 76.4 Å². The molecule has 12 heavy (non-hydrogen) atoms. The van der Waals surface area contributed by atoms with Gasteiger partial charge in [-0.3, -0.25) is 0 Å². The van der Waals surface area contributed by atoms with Crippen LogP contribution in [-0.4, -0.2) is 0 Å². The molecule has 0 radical (unpaired) electrons. The van der Waals surface area contributed by atoms with Crippen LogP contribution in [-0.2, 0) is 0 Å². The highest BCUT2D eigenvalue weighted by Gasteiger charge is 2.29. The Morgan fingerprint density at radius 2 is 2.33 bits per heavy atom. The first-order valence-electron chi connectivity index (χ1n) is 4.93. The molecule has 0 bridgehead atoms. The Kier molecular flexibility index (Phi) is 2.76. The minimum atomic E-state index is 0.379. The van der Waals surface area contributed by atoms with E-state index in [0.29, 0.717) is 5.41 Å². The van der Waals surface area contributed by atoms with Crippen molar-refractivity contribution < 1.29 is 0 Å². The maximum absolute atomic E-state index is 4.08. The zero-order chi connectivity index (χ0) is 9.19. The van der Waals surface area contributed by atoms with Gasteiger partial charge < -0.3 is 0 Å². The molecule has 2 atom stereocenters. The second-order valence-electron chi connectivity index (χ2n) is 4.35. The molecule has 0 heteroatoms. The lowest BCUT2D eigenvalue weighted by Gasteiger charge is -2.35. The number of hydrogen-bond donors (Lipinski definition) is 0. The van der Waals surface area contributed by atoms with E-state index < -0.39 is 0 Å². The molecular formula is C12H20. The predicted molar refractivity (Wildman–Crippen MR) is 55.1 cm³/mol. The van der Waals surface area contributed by atoms with Crippen molar-refractivity contribution in [2.24, 2.45) is 11.3 Å². The van der Waals surface area contributed by atoms with Gasteiger partial charge in [0.1, 0.15) is 0 Å². The SMILES string of the molecule is C=C1CC=CC(C)(C(C)CC)C1. The highest BCUT2D eigenvalue weighted by molar-refractivity contribution is 5.17. The second kappa shape index (κ2) is 3.47. The molecule has 0 amide bonds. The molecule has 68 valence electrons. The molecule has 1 aliphatic rings. The minimum Gasteiger partial charge on any atom is -0.0995 e. The standard InChI is InChI=1S/C12H20/c1-5-11(3)12(4)8-6-7-10(2)9-12/h6,8,11H,2,5,7,9H2,1,3-4H3. The summed E-state index contributed by atoms with van der Waals surface area (Å²) in [5.41, 5.74) is 1.77. The molecule has 1 rings (SSSR count). The van der Waals surface area contributed by atoms with Gasteiger partial charge in [-0.15, -0.1) is 0 Å². The average molecular weight is 164 g/mol. The highest BCUT2D eigenvalue weighted by atomic mass is 14.3. The summed E-state index contributed by atoms with van der Waals surface area (Å²) in [6.07, 6.45) is 8.19. The van der Waals surface area contributed by atoms with Crippen LogP contribution in [0, 0.1) is 11.3 Å². The normalized spacial score (nSPS) is 32.1. The molecule has 0 aliphatic heterocycles. The predicted octanol–water partition coefficient (Wildman–Crippen LogP) is 3.95. The molecule has 0 aromatic heterocycles. The van der Waals surface area contributed by atoms with Crippen LogP contribution < -0.4 is 0 Å². The zero-order valence-electron chi connectivity index (χ0n) is 8.56. The van der Waals surface area contributed by atoms with Gasteiger partial charge in [-0.25, -0.2) is 0 Å². The molecular weight excluding hydrogens is 144 g/mol. The van der Waals surface area contributed by atoms with Crippen molar-refractivity contribution in [1.29, 1.82) is 0 Å². The van der Waals surface area contributed by atoms with Crippen LogP contribution in [0.25, 0.3) is 0 Å². The minimum absolute atomic E-state index is 0.379. The van der Waals surface area contributed by atoms with Crippen molar-refractivity contribution in [1.82, 2.24) is 0 Å². The van der Waals surface area contributed by atoms with Crippen LogP contribution in [0.5, 0.6) is 0 Å². The third-order valence-corrected chi connectivity index (χ3v) is 3.27. The maximum atomic E-state index is 4.08. The number of allylic oxidation sites excluding steroid dienone is 3. The summed E-state index contributed by atoms with van der Waals surface area (Å²) in [6, 6.07) is 0. The molecule has 0 saturated carbocycles. The molecule has 0 aromatic carbocycles. The largest absolute Gasteiger partial charge is 0.0995 e. The Hall–Kier alpha value is -0.520. The van der Waals surface area contributed by atoms with E-state index in [1.807, 2.05) is 0 Å². The van der Waals surface area contributed by atoms with E-state index in [4.69, 9.17) is 0 Å². The van der Waals surface area contributed by atoms with Crippen LogP contribution in [0.4, 0.5) is 0 Å². The van der Waals surface area contributed by atoms with Crippen LogP contribution in [0.3, 0.4) is 0 Å². The lowest BCUT2D eigenvalue weighted by atomic mass is 9.69. The summed E-state index contributed by atoms with van der Waals surface area (Å²) < 4.78 is 0.